The Morgan fingerprint density at radius 2 is 1.73 bits per heavy atom. The molecule has 9 nitrogen and oxygen atoms in total. The first kappa shape index (κ1) is 24.5. The molecular formula is C28H33N7O2. The van der Waals surface area contributed by atoms with E-state index in [-0.39, 0.29) is 6.03 Å². The lowest BCUT2D eigenvalue weighted by molar-refractivity contribution is 0.246. The second-order valence-corrected chi connectivity index (χ2v) is 9.82. The zero-order chi connectivity index (χ0) is 25.8. The molecule has 2 heterocycles. The number of fused-ring (bicyclic) bond motifs is 1. The van der Waals surface area contributed by atoms with Crippen LogP contribution >= 0.6 is 0 Å². The van der Waals surface area contributed by atoms with Crippen molar-refractivity contribution in [2.75, 3.05) is 36.2 Å². The highest BCUT2D eigenvalue weighted by Gasteiger charge is 2.23. The maximum atomic E-state index is 12.7. The standard InChI is InChI=1S/C28H33N7O2/c1-18-24(25(37-34-18)20-9-5-4-6-10-20)32-28(36)29-17-19-13-15-21(16-14-19)30-27-31-23-12-8-7-11-22(23)26(33-27)35(2)3/h4-12,19,21H,13-17H2,1-3H3,(H2,29,32,36)(H,30,31,33)/t19-,21+. The Morgan fingerprint density at radius 1 is 1.00 bits per heavy atom. The molecule has 4 aromatic rings. The van der Waals surface area contributed by atoms with E-state index >= 15 is 0 Å². The monoisotopic (exact) mass is 499 g/mol. The van der Waals surface area contributed by atoms with Gasteiger partial charge in [0.05, 0.1) is 5.52 Å². The van der Waals surface area contributed by atoms with Crippen LogP contribution in [-0.2, 0) is 0 Å². The van der Waals surface area contributed by atoms with Crippen LogP contribution in [0.5, 0.6) is 0 Å². The highest BCUT2D eigenvalue weighted by molar-refractivity contribution is 5.94. The number of carbonyl (C=O) groups excluding carboxylic acids is 1. The zero-order valence-corrected chi connectivity index (χ0v) is 21.5. The SMILES string of the molecule is Cc1noc(-c2ccccc2)c1NC(=O)NC[C@H]1CC[C@@H](Nc2nc(N(C)C)c3ccccc3n2)CC1. The third-order valence-corrected chi connectivity index (χ3v) is 6.88. The van der Waals surface area contributed by atoms with Crippen molar-refractivity contribution in [3.63, 3.8) is 0 Å². The van der Waals surface area contributed by atoms with Gasteiger partial charge in [-0.1, -0.05) is 47.6 Å². The van der Waals surface area contributed by atoms with Crippen LogP contribution < -0.4 is 20.9 Å². The van der Waals surface area contributed by atoms with Crippen LogP contribution in [-0.4, -0.2) is 47.8 Å². The number of hydrogen-bond acceptors (Lipinski definition) is 7. The third-order valence-electron chi connectivity index (χ3n) is 6.88. The van der Waals surface area contributed by atoms with Gasteiger partial charge in [-0.3, -0.25) is 0 Å². The summed E-state index contributed by atoms with van der Waals surface area (Å²) in [6, 6.07) is 17.8. The molecule has 0 bridgehead atoms. The Labute approximate surface area is 216 Å². The Balaban J connectivity index is 1.13. The first-order valence-corrected chi connectivity index (χ1v) is 12.7. The Kier molecular flexibility index (Phi) is 7.20. The quantitative estimate of drug-likeness (QED) is 0.310. The summed E-state index contributed by atoms with van der Waals surface area (Å²) in [5.41, 5.74) is 3.06. The molecule has 0 unspecified atom stereocenters. The van der Waals surface area contributed by atoms with Crippen LogP contribution in [0, 0.1) is 12.8 Å². The minimum atomic E-state index is -0.246. The van der Waals surface area contributed by atoms with Gasteiger partial charge in [0.2, 0.25) is 5.95 Å². The highest BCUT2D eigenvalue weighted by atomic mass is 16.5. The number of nitrogens with one attached hydrogen (secondary N) is 3. The lowest BCUT2D eigenvalue weighted by Crippen LogP contribution is -2.36. The summed E-state index contributed by atoms with van der Waals surface area (Å²) in [4.78, 5) is 24.2. The molecule has 0 atom stereocenters. The van der Waals surface area contributed by atoms with Crippen molar-refractivity contribution in [2.24, 2.45) is 5.92 Å². The Bertz CT molecular complexity index is 1360. The highest BCUT2D eigenvalue weighted by Crippen LogP contribution is 2.31. The normalized spacial score (nSPS) is 17.4. The number of anilines is 3. The number of amides is 2. The van der Waals surface area contributed by atoms with Crippen LogP contribution in [0.3, 0.4) is 0 Å². The van der Waals surface area contributed by atoms with Crippen molar-refractivity contribution in [1.29, 1.82) is 0 Å². The summed E-state index contributed by atoms with van der Waals surface area (Å²) in [5, 5.41) is 14.6. The van der Waals surface area contributed by atoms with Gasteiger partial charge in [-0.25, -0.2) is 9.78 Å². The molecule has 2 aromatic heterocycles. The van der Waals surface area contributed by atoms with E-state index in [9.17, 15) is 4.79 Å². The average Bonchev–Trinajstić information content (AvgIpc) is 3.28. The summed E-state index contributed by atoms with van der Waals surface area (Å²) in [6.07, 6.45) is 4.05. The van der Waals surface area contributed by atoms with E-state index in [0.717, 1.165) is 48.0 Å². The van der Waals surface area contributed by atoms with Crippen LogP contribution in [0.25, 0.3) is 22.2 Å². The number of benzene rings is 2. The van der Waals surface area contributed by atoms with Gasteiger partial charge in [-0.15, -0.1) is 0 Å². The second kappa shape index (κ2) is 10.9. The summed E-state index contributed by atoms with van der Waals surface area (Å²) in [5.74, 6) is 2.57. The third kappa shape index (κ3) is 5.66. The van der Waals surface area contributed by atoms with E-state index < -0.39 is 0 Å². The fourth-order valence-electron chi connectivity index (χ4n) is 4.86. The molecule has 1 aliphatic rings. The summed E-state index contributed by atoms with van der Waals surface area (Å²) in [7, 11) is 4.00. The van der Waals surface area contributed by atoms with Gasteiger partial charge in [0.1, 0.15) is 17.2 Å². The van der Waals surface area contributed by atoms with Crippen molar-refractivity contribution in [2.45, 2.75) is 38.6 Å². The molecule has 9 heteroatoms. The van der Waals surface area contributed by atoms with E-state index in [4.69, 9.17) is 14.5 Å². The van der Waals surface area contributed by atoms with Crippen molar-refractivity contribution in [3.8, 4) is 11.3 Å². The van der Waals surface area contributed by atoms with Gasteiger partial charge in [-0.2, -0.15) is 4.98 Å². The zero-order valence-electron chi connectivity index (χ0n) is 21.5. The molecule has 0 radical (unpaired) electrons. The molecule has 2 amide bonds. The maximum absolute atomic E-state index is 12.7. The topological polar surface area (TPSA) is 108 Å². The first-order chi connectivity index (χ1) is 18.0. The van der Waals surface area contributed by atoms with Gasteiger partial charge in [0.15, 0.2) is 5.76 Å². The van der Waals surface area contributed by atoms with Gasteiger partial charge in [-0.05, 0) is 50.7 Å². The molecule has 192 valence electrons. The number of aryl methyl sites for hydroxylation is 1. The smallest absolute Gasteiger partial charge is 0.319 e. The number of urea groups is 1. The van der Waals surface area contributed by atoms with E-state index in [1.165, 1.54) is 0 Å². The molecule has 3 N–H and O–H groups in total. The Morgan fingerprint density at radius 3 is 2.49 bits per heavy atom. The van der Waals surface area contributed by atoms with E-state index in [0.29, 0.717) is 41.6 Å². The van der Waals surface area contributed by atoms with Crippen molar-refractivity contribution in [1.82, 2.24) is 20.4 Å². The fourth-order valence-corrected chi connectivity index (χ4v) is 4.86. The molecule has 1 fully saturated rings. The summed E-state index contributed by atoms with van der Waals surface area (Å²) in [6.45, 7) is 2.45. The molecule has 1 aliphatic carbocycles. The molecule has 2 aromatic carbocycles. The molecule has 5 rings (SSSR count). The first-order valence-electron chi connectivity index (χ1n) is 12.7. The molecule has 0 saturated heterocycles. The largest absolute Gasteiger partial charge is 0.362 e. The lowest BCUT2D eigenvalue weighted by atomic mass is 9.86. The molecule has 1 saturated carbocycles. The molecule has 0 aliphatic heterocycles. The number of para-hydroxylation sites is 1. The predicted molar refractivity (Wildman–Crippen MR) is 147 cm³/mol. The number of nitrogens with zero attached hydrogens (tertiary/aromatic N) is 4. The van der Waals surface area contributed by atoms with Crippen molar-refractivity contribution < 1.29 is 9.32 Å². The van der Waals surface area contributed by atoms with Gasteiger partial charge < -0.3 is 25.4 Å². The predicted octanol–water partition coefficient (Wildman–Crippen LogP) is 5.45. The minimum absolute atomic E-state index is 0.246. The van der Waals surface area contributed by atoms with E-state index in [2.05, 4.69) is 27.2 Å². The van der Waals surface area contributed by atoms with Gasteiger partial charge >= 0.3 is 6.03 Å². The van der Waals surface area contributed by atoms with Crippen LogP contribution in [0.15, 0.2) is 59.1 Å². The van der Waals surface area contributed by atoms with Gasteiger partial charge in [0, 0.05) is 37.6 Å². The number of rotatable bonds is 7. The van der Waals surface area contributed by atoms with Crippen LogP contribution in [0.1, 0.15) is 31.4 Å². The second-order valence-electron chi connectivity index (χ2n) is 9.82. The number of carbonyl (C=O) groups is 1. The summed E-state index contributed by atoms with van der Waals surface area (Å²) >= 11 is 0. The average molecular weight is 500 g/mol. The minimum Gasteiger partial charge on any atom is -0.362 e. The van der Waals surface area contributed by atoms with Crippen LogP contribution in [0.2, 0.25) is 0 Å². The summed E-state index contributed by atoms with van der Waals surface area (Å²) < 4.78 is 5.47. The molecule has 0 spiro atoms. The maximum Gasteiger partial charge on any atom is 0.319 e. The molecule has 37 heavy (non-hydrogen) atoms. The fraction of sp³-hybridized carbons (Fsp3) is 0.357. The number of hydrogen-bond donors (Lipinski definition) is 3. The van der Waals surface area contributed by atoms with Gasteiger partial charge in [0.25, 0.3) is 0 Å². The lowest BCUT2D eigenvalue weighted by Gasteiger charge is -2.29. The Hall–Kier alpha value is -4.14. The van der Waals surface area contributed by atoms with Crippen LogP contribution in [0.4, 0.5) is 22.2 Å². The van der Waals surface area contributed by atoms with Crippen molar-refractivity contribution in [3.05, 3.63) is 60.3 Å². The molecular weight excluding hydrogens is 466 g/mol. The van der Waals surface area contributed by atoms with E-state index in [1.807, 2.05) is 74.4 Å². The van der Waals surface area contributed by atoms with E-state index in [1.54, 1.807) is 0 Å². The van der Waals surface area contributed by atoms with Crippen molar-refractivity contribution >= 4 is 34.4 Å². The number of aromatic nitrogens is 3.